The summed E-state index contributed by atoms with van der Waals surface area (Å²) in [5.74, 6) is 0.322. The molecule has 0 spiro atoms. The largest absolute Gasteiger partial charge is 0.508 e. The molecule has 0 aromatic carbocycles. The van der Waals surface area contributed by atoms with E-state index in [-0.39, 0.29) is 30.8 Å². The number of hydrogen-bond donors (Lipinski definition) is 1. The van der Waals surface area contributed by atoms with Crippen molar-refractivity contribution in [2.24, 2.45) is 0 Å². The molecule has 2 N–H and O–H groups in total. The molecule has 3 aromatic rings. The number of ether oxygens (including phenoxy) is 3. The van der Waals surface area contributed by atoms with Gasteiger partial charge < -0.3 is 24.5 Å². The highest BCUT2D eigenvalue weighted by Crippen LogP contribution is 2.32. The van der Waals surface area contributed by atoms with Crippen molar-refractivity contribution < 1.29 is 19.0 Å². The van der Waals surface area contributed by atoms with Crippen LogP contribution in [-0.2, 0) is 20.8 Å². The number of nitrogens with two attached hydrogens (primary N) is 1. The smallest absolute Gasteiger partial charge is 0.432 e. The molecule has 28 heavy (non-hydrogen) atoms. The number of carbonyl (C=O) groups excluding carboxylic acids is 1. The molecule has 1 aliphatic heterocycles. The fourth-order valence-electron chi connectivity index (χ4n) is 3.10. The second-order valence-corrected chi connectivity index (χ2v) is 6.68. The van der Waals surface area contributed by atoms with Crippen LogP contribution in [0.5, 0.6) is 0 Å². The predicted molar refractivity (Wildman–Crippen MR) is 100 cm³/mol. The number of nitrogens with zero attached hydrogens (tertiary/aromatic N) is 4. The Morgan fingerprint density at radius 2 is 2.21 bits per heavy atom. The van der Waals surface area contributed by atoms with Crippen molar-refractivity contribution >= 4 is 34.6 Å². The molecule has 10 heteroatoms. The SMILES string of the molecule is Nc1nc(Cl)nc2c1ccn2[C@H]1CC[C@@H](COC(=O)OCc2cccnc2)O1. The third kappa shape index (κ3) is 4.00. The van der Waals surface area contributed by atoms with Crippen LogP contribution in [-0.4, -0.2) is 38.4 Å². The van der Waals surface area contributed by atoms with Crippen LogP contribution in [0.25, 0.3) is 11.0 Å². The zero-order valence-electron chi connectivity index (χ0n) is 14.8. The molecule has 2 atom stereocenters. The summed E-state index contributed by atoms with van der Waals surface area (Å²) in [5, 5.41) is 0.797. The lowest BCUT2D eigenvalue weighted by Gasteiger charge is -2.16. The maximum absolute atomic E-state index is 11.8. The van der Waals surface area contributed by atoms with E-state index in [9.17, 15) is 4.79 Å². The lowest BCUT2D eigenvalue weighted by Crippen LogP contribution is -2.20. The summed E-state index contributed by atoms with van der Waals surface area (Å²) >= 11 is 5.92. The fourth-order valence-corrected chi connectivity index (χ4v) is 3.27. The van der Waals surface area contributed by atoms with Crippen molar-refractivity contribution in [3.8, 4) is 0 Å². The van der Waals surface area contributed by atoms with Crippen LogP contribution in [0.3, 0.4) is 0 Å². The molecule has 1 saturated heterocycles. The summed E-state index contributed by atoms with van der Waals surface area (Å²) in [6, 6.07) is 5.41. The van der Waals surface area contributed by atoms with Gasteiger partial charge in [0.05, 0.1) is 11.5 Å². The van der Waals surface area contributed by atoms with Crippen LogP contribution >= 0.6 is 11.6 Å². The molecule has 146 valence electrons. The highest BCUT2D eigenvalue weighted by Gasteiger charge is 2.29. The number of fused-ring (bicyclic) bond motifs is 1. The molecule has 0 radical (unpaired) electrons. The van der Waals surface area contributed by atoms with Crippen molar-refractivity contribution in [2.45, 2.75) is 31.8 Å². The second kappa shape index (κ2) is 7.99. The molecular weight excluding hydrogens is 386 g/mol. The first-order chi connectivity index (χ1) is 13.6. The van der Waals surface area contributed by atoms with E-state index < -0.39 is 6.16 Å². The molecule has 0 saturated carbocycles. The van der Waals surface area contributed by atoms with Crippen LogP contribution in [0.2, 0.25) is 5.28 Å². The van der Waals surface area contributed by atoms with Crippen LogP contribution < -0.4 is 5.73 Å². The zero-order chi connectivity index (χ0) is 19.5. The van der Waals surface area contributed by atoms with E-state index >= 15 is 0 Å². The first kappa shape index (κ1) is 18.5. The summed E-state index contributed by atoms with van der Waals surface area (Å²) in [6.45, 7) is 0.220. The molecule has 1 fully saturated rings. The van der Waals surface area contributed by atoms with Gasteiger partial charge in [0.25, 0.3) is 0 Å². The van der Waals surface area contributed by atoms with E-state index in [0.717, 1.165) is 18.4 Å². The average molecular weight is 404 g/mol. The van der Waals surface area contributed by atoms with E-state index in [0.29, 0.717) is 16.9 Å². The molecule has 4 heterocycles. The third-order valence-corrected chi connectivity index (χ3v) is 4.61. The van der Waals surface area contributed by atoms with Gasteiger partial charge in [0.2, 0.25) is 5.28 Å². The topological polar surface area (TPSA) is 114 Å². The van der Waals surface area contributed by atoms with Crippen molar-refractivity contribution in [3.05, 3.63) is 47.6 Å². The number of halogens is 1. The Morgan fingerprint density at radius 1 is 1.32 bits per heavy atom. The number of nitrogen functional groups attached to an aromatic ring is 1. The van der Waals surface area contributed by atoms with Gasteiger partial charge in [-0.1, -0.05) is 6.07 Å². The normalized spacial score (nSPS) is 19.0. The number of carbonyl (C=O) groups is 1. The zero-order valence-corrected chi connectivity index (χ0v) is 15.6. The number of aromatic nitrogens is 4. The van der Waals surface area contributed by atoms with Gasteiger partial charge in [0, 0.05) is 24.2 Å². The van der Waals surface area contributed by atoms with Crippen molar-refractivity contribution in [1.29, 1.82) is 0 Å². The average Bonchev–Trinajstić information content (AvgIpc) is 3.32. The Balaban J connectivity index is 1.30. The molecule has 0 aliphatic carbocycles. The second-order valence-electron chi connectivity index (χ2n) is 6.34. The molecule has 1 aliphatic rings. The molecular formula is C18H18ClN5O4. The van der Waals surface area contributed by atoms with Gasteiger partial charge in [-0.2, -0.15) is 4.98 Å². The van der Waals surface area contributed by atoms with Gasteiger partial charge in [-0.3, -0.25) is 4.98 Å². The Morgan fingerprint density at radius 3 is 3.04 bits per heavy atom. The Kier molecular flexibility index (Phi) is 5.27. The fraction of sp³-hybridized carbons (Fsp3) is 0.333. The quantitative estimate of drug-likeness (QED) is 0.510. The van der Waals surface area contributed by atoms with Crippen LogP contribution in [0.4, 0.5) is 10.6 Å². The number of rotatable bonds is 5. The van der Waals surface area contributed by atoms with Crippen LogP contribution in [0, 0.1) is 0 Å². The van der Waals surface area contributed by atoms with Gasteiger partial charge in [-0.25, -0.2) is 9.78 Å². The van der Waals surface area contributed by atoms with Crippen molar-refractivity contribution in [2.75, 3.05) is 12.3 Å². The molecule has 0 amide bonds. The summed E-state index contributed by atoms with van der Waals surface area (Å²) in [7, 11) is 0. The molecule has 0 unspecified atom stereocenters. The number of anilines is 1. The van der Waals surface area contributed by atoms with E-state index in [2.05, 4.69) is 15.0 Å². The van der Waals surface area contributed by atoms with E-state index in [1.807, 2.05) is 22.9 Å². The lowest BCUT2D eigenvalue weighted by molar-refractivity contribution is -0.0379. The standard InChI is InChI=1S/C18H18ClN5O4/c19-17-22-15(20)13-5-7-24(16(13)23-17)14-4-3-12(28-14)10-27-18(25)26-9-11-2-1-6-21-8-11/h1-2,5-8,12,14H,3-4,9-10H2,(H2,20,22,23)/t12-,14+/m0/s1. The van der Waals surface area contributed by atoms with E-state index in [4.69, 9.17) is 31.5 Å². The number of hydrogen-bond acceptors (Lipinski definition) is 8. The Hall–Kier alpha value is -2.91. The minimum absolute atomic E-state index is 0.0826. The maximum atomic E-state index is 11.8. The van der Waals surface area contributed by atoms with E-state index in [1.165, 1.54) is 0 Å². The first-order valence-corrected chi connectivity index (χ1v) is 9.11. The van der Waals surface area contributed by atoms with Crippen LogP contribution in [0.1, 0.15) is 24.6 Å². The highest BCUT2D eigenvalue weighted by molar-refractivity contribution is 6.28. The summed E-state index contributed by atoms with van der Waals surface area (Å²) in [4.78, 5) is 23.9. The van der Waals surface area contributed by atoms with Gasteiger partial charge in [-0.15, -0.1) is 0 Å². The van der Waals surface area contributed by atoms with Crippen LogP contribution in [0.15, 0.2) is 36.8 Å². The molecule has 0 bridgehead atoms. The van der Waals surface area contributed by atoms with Gasteiger partial charge >= 0.3 is 6.16 Å². The minimum Gasteiger partial charge on any atom is -0.432 e. The number of pyridine rings is 1. The monoisotopic (exact) mass is 403 g/mol. The van der Waals surface area contributed by atoms with Gasteiger partial charge in [-0.05, 0) is 36.6 Å². The Bertz CT molecular complexity index is 981. The minimum atomic E-state index is -0.741. The molecule has 9 nitrogen and oxygen atoms in total. The van der Waals surface area contributed by atoms with Crippen molar-refractivity contribution in [1.82, 2.24) is 19.5 Å². The maximum Gasteiger partial charge on any atom is 0.508 e. The predicted octanol–water partition coefficient (Wildman–Crippen LogP) is 3.09. The third-order valence-electron chi connectivity index (χ3n) is 4.44. The lowest BCUT2D eigenvalue weighted by atomic mass is 10.2. The molecule has 4 rings (SSSR count). The van der Waals surface area contributed by atoms with Gasteiger partial charge in [0.15, 0.2) is 0 Å². The van der Waals surface area contributed by atoms with E-state index in [1.54, 1.807) is 18.5 Å². The first-order valence-electron chi connectivity index (χ1n) is 8.73. The van der Waals surface area contributed by atoms with Gasteiger partial charge in [0.1, 0.15) is 30.9 Å². The summed E-state index contributed by atoms with van der Waals surface area (Å²) in [5.41, 5.74) is 7.28. The summed E-state index contributed by atoms with van der Waals surface area (Å²) in [6.07, 6.45) is 5.36. The highest BCUT2D eigenvalue weighted by atomic mass is 35.5. The molecule has 3 aromatic heterocycles. The Labute approximate surface area is 165 Å². The summed E-state index contributed by atoms with van der Waals surface area (Å²) < 4.78 is 18.1. The van der Waals surface area contributed by atoms with Crippen molar-refractivity contribution in [3.63, 3.8) is 0 Å².